The minimum atomic E-state index is -0.0883. The summed E-state index contributed by atoms with van der Waals surface area (Å²) in [7, 11) is 0. The van der Waals surface area contributed by atoms with Gasteiger partial charge in [-0.25, -0.2) is 4.98 Å². The topological polar surface area (TPSA) is 54.7 Å². The molecular weight excluding hydrogens is 318 g/mol. The van der Waals surface area contributed by atoms with Crippen molar-refractivity contribution in [3.8, 4) is 22.5 Å². The van der Waals surface area contributed by atoms with Crippen molar-refractivity contribution in [1.29, 1.82) is 0 Å². The molecule has 4 rings (SSSR count). The summed E-state index contributed by atoms with van der Waals surface area (Å²) in [5.41, 5.74) is 11.7. The zero-order valence-electron chi connectivity index (χ0n) is 14.5. The maximum absolute atomic E-state index is 6.40. The molecule has 0 saturated carbocycles. The standard InChI is InChI=1S/C23H21N3/c24-20(17-10-4-1-5-11-17)16-21-25-22(18-12-6-2-7-13-18)23(26-21)19-14-8-3-9-15-19/h1-15,20H,16,24H2,(H,25,26)/t20-/m0/s1. The molecule has 0 aliphatic rings. The highest BCUT2D eigenvalue weighted by molar-refractivity contribution is 5.78. The van der Waals surface area contributed by atoms with Crippen LogP contribution in [0.15, 0.2) is 91.0 Å². The molecule has 0 spiro atoms. The predicted molar refractivity (Wildman–Crippen MR) is 107 cm³/mol. The van der Waals surface area contributed by atoms with Crippen molar-refractivity contribution in [2.75, 3.05) is 0 Å². The van der Waals surface area contributed by atoms with Gasteiger partial charge in [-0.2, -0.15) is 0 Å². The van der Waals surface area contributed by atoms with Gasteiger partial charge < -0.3 is 10.7 Å². The third kappa shape index (κ3) is 3.44. The molecule has 26 heavy (non-hydrogen) atoms. The first-order valence-corrected chi connectivity index (χ1v) is 8.81. The number of benzene rings is 3. The second-order valence-electron chi connectivity index (χ2n) is 6.36. The van der Waals surface area contributed by atoms with E-state index >= 15 is 0 Å². The molecule has 0 saturated heterocycles. The molecule has 0 fully saturated rings. The first-order valence-electron chi connectivity index (χ1n) is 8.81. The number of nitrogens with two attached hydrogens (primary N) is 1. The summed E-state index contributed by atoms with van der Waals surface area (Å²) >= 11 is 0. The van der Waals surface area contributed by atoms with Crippen molar-refractivity contribution in [3.63, 3.8) is 0 Å². The number of aromatic amines is 1. The Bertz CT molecular complexity index is 903. The summed E-state index contributed by atoms with van der Waals surface area (Å²) in [6.45, 7) is 0. The van der Waals surface area contributed by atoms with Gasteiger partial charge in [-0.1, -0.05) is 91.0 Å². The summed E-state index contributed by atoms with van der Waals surface area (Å²) in [5.74, 6) is 0.902. The molecule has 4 aromatic rings. The number of rotatable bonds is 5. The molecule has 1 aromatic heterocycles. The fourth-order valence-electron chi connectivity index (χ4n) is 3.16. The Morgan fingerprint density at radius 3 is 1.88 bits per heavy atom. The lowest BCUT2D eigenvalue weighted by Crippen LogP contribution is -2.14. The number of aromatic nitrogens is 2. The molecule has 1 heterocycles. The Labute approximate surface area is 153 Å². The quantitative estimate of drug-likeness (QED) is 0.538. The van der Waals surface area contributed by atoms with Crippen molar-refractivity contribution in [3.05, 3.63) is 102 Å². The maximum Gasteiger partial charge on any atom is 0.109 e. The van der Waals surface area contributed by atoms with Gasteiger partial charge in [0.15, 0.2) is 0 Å². The Balaban J connectivity index is 1.72. The molecule has 128 valence electrons. The normalized spacial score (nSPS) is 12.0. The number of hydrogen-bond donors (Lipinski definition) is 2. The van der Waals surface area contributed by atoms with Crippen LogP contribution in [0.1, 0.15) is 17.4 Å². The van der Waals surface area contributed by atoms with E-state index in [-0.39, 0.29) is 6.04 Å². The van der Waals surface area contributed by atoms with Gasteiger partial charge in [-0.15, -0.1) is 0 Å². The van der Waals surface area contributed by atoms with E-state index in [0.29, 0.717) is 6.42 Å². The number of nitrogens with zero attached hydrogens (tertiary/aromatic N) is 1. The summed E-state index contributed by atoms with van der Waals surface area (Å²) in [6.07, 6.45) is 0.663. The van der Waals surface area contributed by atoms with E-state index in [4.69, 9.17) is 10.7 Å². The SMILES string of the molecule is N[C@@H](Cc1nc(-c2ccccc2)c(-c2ccccc2)[nH]1)c1ccccc1. The molecule has 0 radical (unpaired) electrons. The van der Waals surface area contributed by atoms with Gasteiger partial charge in [0.25, 0.3) is 0 Å². The molecule has 0 bridgehead atoms. The molecule has 0 aliphatic carbocycles. The second-order valence-corrected chi connectivity index (χ2v) is 6.36. The first kappa shape index (κ1) is 16.3. The van der Waals surface area contributed by atoms with E-state index in [0.717, 1.165) is 33.9 Å². The van der Waals surface area contributed by atoms with Crippen molar-refractivity contribution in [1.82, 2.24) is 9.97 Å². The van der Waals surface area contributed by atoms with E-state index in [1.165, 1.54) is 0 Å². The molecular formula is C23H21N3. The molecule has 3 heteroatoms. The van der Waals surface area contributed by atoms with Crippen LogP contribution in [0.3, 0.4) is 0 Å². The number of H-pyrrole nitrogens is 1. The lowest BCUT2D eigenvalue weighted by atomic mass is 10.0. The Morgan fingerprint density at radius 1 is 0.731 bits per heavy atom. The van der Waals surface area contributed by atoms with E-state index in [1.54, 1.807) is 0 Å². The number of nitrogens with one attached hydrogen (secondary N) is 1. The van der Waals surface area contributed by atoms with Crippen LogP contribution >= 0.6 is 0 Å². The van der Waals surface area contributed by atoms with Gasteiger partial charge in [-0.3, -0.25) is 0 Å². The lowest BCUT2D eigenvalue weighted by Gasteiger charge is -2.09. The summed E-state index contributed by atoms with van der Waals surface area (Å²) in [5, 5.41) is 0. The number of imidazole rings is 1. The highest BCUT2D eigenvalue weighted by Gasteiger charge is 2.16. The van der Waals surface area contributed by atoms with Gasteiger partial charge in [0.2, 0.25) is 0 Å². The van der Waals surface area contributed by atoms with Gasteiger partial charge in [0.1, 0.15) is 5.82 Å². The molecule has 0 aliphatic heterocycles. The molecule has 0 amide bonds. The molecule has 0 unspecified atom stereocenters. The molecule has 3 nitrogen and oxygen atoms in total. The van der Waals surface area contributed by atoms with Crippen LogP contribution < -0.4 is 5.73 Å². The van der Waals surface area contributed by atoms with E-state index in [1.807, 2.05) is 54.6 Å². The average molecular weight is 339 g/mol. The van der Waals surface area contributed by atoms with Crippen molar-refractivity contribution < 1.29 is 0 Å². The van der Waals surface area contributed by atoms with Crippen LogP contribution in [0.2, 0.25) is 0 Å². The smallest absolute Gasteiger partial charge is 0.109 e. The Kier molecular flexibility index (Phi) is 4.63. The first-order chi connectivity index (χ1) is 12.8. The average Bonchev–Trinajstić information content (AvgIpc) is 3.14. The van der Waals surface area contributed by atoms with Crippen molar-refractivity contribution in [2.24, 2.45) is 5.73 Å². The van der Waals surface area contributed by atoms with Crippen LogP contribution in [-0.2, 0) is 6.42 Å². The van der Waals surface area contributed by atoms with Crippen molar-refractivity contribution >= 4 is 0 Å². The summed E-state index contributed by atoms with van der Waals surface area (Å²) in [4.78, 5) is 8.39. The fraction of sp³-hybridized carbons (Fsp3) is 0.0870. The summed E-state index contributed by atoms with van der Waals surface area (Å²) in [6, 6.07) is 30.6. The lowest BCUT2D eigenvalue weighted by molar-refractivity contribution is 0.695. The monoisotopic (exact) mass is 339 g/mol. The van der Waals surface area contributed by atoms with E-state index in [2.05, 4.69) is 41.4 Å². The van der Waals surface area contributed by atoms with Gasteiger partial charge in [0, 0.05) is 23.6 Å². The van der Waals surface area contributed by atoms with Crippen LogP contribution in [0, 0.1) is 0 Å². The van der Waals surface area contributed by atoms with Gasteiger partial charge in [-0.05, 0) is 5.56 Å². The van der Waals surface area contributed by atoms with E-state index in [9.17, 15) is 0 Å². The highest BCUT2D eigenvalue weighted by atomic mass is 14.9. The van der Waals surface area contributed by atoms with Crippen LogP contribution in [0.4, 0.5) is 0 Å². The third-order valence-electron chi connectivity index (χ3n) is 4.50. The molecule has 3 N–H and O–H groups in total. The minimum absolute atomic E-state index is 0.0883. The predicted octanol–water partition coefficient (Wildman–Crippen LogP) is 4.99. The van der Waals surface area contributed by atoms with Crippen LogP contribution in [0.5, 0.6) is 0 Å². The van der Waals surface area contributed by atoms with Gasteiger partial charge in [0.05, 0.1) is 11.4 Å². The Morgan fingerprint density at radius 2 is 1.27 bits per heavy atom. The fourth-order valence-corrected chi connectivity index (χ4v) is 3.16. The molecule has 1 atom stereocenters. The van der Waals surface area contributed by atoms with Crippen LogP contribution in [-0.4, -0.2) is 9.97 Å². The van der Waals surface area contributed by atoms with Crippen LogP contribution in [0.25, 0.3) is 22.5 Å². The molecule has 3 aromatic carbocycles. The Hall–Kier alpha value is -3.17. The third-order valence-corrected chi connectivity index (χ3v) is 4.50. The zero-order chi connectivity index (χ0) is 17.8. The van der Waals surface area contributed by atoms with Crippen molar-refractivity contribution in [2.45, 2.75) is 12.5 Å². The number of hydrogen-bond acceptors (Lipinski definition) is 2. The second kappa shape index (κ2) is 7.38. The minimum Gasteiger partial charge on any atom is -0.341 e. The van der Waals surface area contributed by atoms with Gasteiger partial charge >= 0.3 is 0 Å². The zero-order valence-corrected chi connectivity index (χ0v) is 14.5. The summed E-state index contributed by atoms with van der Waals surface area (Å²) < 4.78 is 0. The maximum atomic E-state index is 6.40. The van der Waals surface area contributed by atoms with E-state index < -0.39 is 0 Å². The largest absolute Gasteiger partial charge is 0.341 e. The highest BCUT2D eigenvalue weighted by Crippen LogP contribution is 2.30.